The molecule has 2 aromatic heterocycles. The number of nitrogens with two attached hydrogens (primary N) is 1. The molecule has 3 aromatic rings. The number of nitrogens with zero attached hydrogens (tertiary/aromatic N) is 5. The molecule has 3 heterocycles. The van der Waals surface area contributed by atoms with E-state index in [1.165, 1.54) is 12.1 Å². The summed E-state index contributed by atoms with van der Waals surface area (Å²) < 4.78 is 20.5. The Balaban J connectivity index is 1.85. The van der Waals surface area contributed by atoms with E-state index in [1.807, 2.05) is 4.90 Å². The number of morpholine rings is 1. The van der Waals surface area contributed by atoms with Gasteiger partial charge in [0.05, 0.1) is 18.9 Å². The zero-order chi connectivity index (χ0) is 15.8. The number of rotatable bonds is 2. The van der Waals surface area contributed by atoms with Gasteiger partial charge in [0.25, 0.3) is 0 Å². The molecule has 7 nitrogen and oxygen atoms in total. The van der Waals surface area contributed by atoms with E-state index in [0.717, 1.165) is 0 Å². The molecule has 2 N–H and O–H groups in total. The molecule has 0 aliphatic carbocycles. The summed E-state index contributed by atoms with van der Waals surface area (Å²) in [7, 11) is 0. The molecule has 0 amide bonds. The maximum absolute atomic E-state index is 13.5. The molecule has 0 unspecified atom stereocenters. The normalized spacial score (nSPS) is 15.3. The Hall–Kier alpha value is -2.74. The summed E-state index contributed by atoms with van der Waals surface area (Å²) in [6, 6.07) is 6.25. The number of aromatic nitrogens is 4. The van der Waals surface area contributed by atoms with Gasteiger partial charge in [-0.2, -0.15) is 9.97 Å². The number of nitrogen functional groups attached to an aromatic ring is 1. The van der Waals surface area contributed by atoms with Gasteiger partial charge >= 0.3 is 0 Å². The molecule has 1 aliphatic rings. The first-order chi connectivity index (χ1) is 11.2. The third-order valence-corrected chi connectivity index (χ3v) is 3.79. The van der Waals surface area contributed by atoms with E-state index >= 15 is 0 Å². The minimum absolute atomic E-state index is 0.312. The van der Waals surface area contributed by atoms with Crippen LogP contribution < -0.4 is 10.6 Å². The van der Waals surface area contributed by atoms with Crippen LogP contribution in [0.4, 0.5) is 16.2 Å². The fraction of sp³-hybridized carbons (Fsp3) is 0.267. The van der Waals surface area contributed by atoms with Crippen LogP contribution in [0.2, 0.25) is 0 Å². The largest absolute Gasteiger partial charge is 0.382 e. The second-order valence-corrected chi connectivity index (χ2v) is 5.27. The Morgan fingerprint density at radius 2 is 2.00 bits per heavy atom. The van der Waals surface area contributed by atoms with Gasteiger partial charge in [0.1, 0.15) is 12.1 Å². The summed E-state index contributed by atoms with van der Waals surface area (Å²) in [6.45, 7) is 2.67. The standard InChI is InChI=1S/C15H15FN6O/c16-10-2-1-3-11(8-10)22-9-18-12-13(17)19-15(20-14(12)22)21-4-6-23-7-5-21/h1-3,8-9H,4-7H2,(H2,17,19,20). The van der Waals surface area contributed by atoms with Crippen molar-refractivity contribution < 1.29 is 9.13 Å². The predicted molar refractivity (Wildman–Crippen MR) is 84.1 cm³/mol. The summed E-state index contributed by atoms with van der Waals surface area (Å²) in [6.07, 6.45) is 1.58. The highest BCUT2D eigenvalue weighted by Gasteiger charge is 2.18. The third kappa shape index (κ3) is 2.46. The number of ether oxygens (including phenoxy) is 1. The maximum atomic E-state index is 13.5. The molecule has 118 valence electrons. The highest BCUT2D eigenvalue weighted by molar-refractivity contribution is 5.84. The predicted octanol–water partition coefficient (Wildman–Crippen LogP) is 1.37. The minimum Gasteiger partial charge on any atom is -0.382 e. The van der Waals surface area contributed by atoms with Crippen molar-refractivity contribution in [1.82, 2.24) is 19.5 Å². The van der Waals surface area contributed by atoms with Crippen molar-refractivity contribution in [3.8, 4) is 5.69 Å². The first kappa shape index (κ1) is 13.9. The van der Waals surface area contributed by atoms with Gasteiger partial charge in [-0.3, -0.25) is 4.57 Å². The molecule has 0 atom stereocenters. The molecule has 1 aromatic carbocycles. The molecule has 23 heavy (non-hydrogen) atoms. The summed E-state index contributed by atoms with van der Waals surface area (Å²) in [4.78, 5) is 15.2. The molecule has 4 rings (SSSR count). The van der Waals surface area contributed by atoms with E-state index < -0.39 is 0 Å². The molecule has 0 bridgehead atoms. The van der Waals surface area contributed by atoms with E-state index in [4.69, 9.17) is 10.5 Å². The Bertz CT molecular complexity index is 858. The first-order valence-electron chi connectivity index (χ1n) is 7.31. The van der Waals surface area contributed by atoms with Gasteiger partial charge in [-0.25, -0.2) is 9.37 Å². The van der Waals surface area contributed by atoms with Crippen molar-refractivity contribution in [2.24, 2.45) is 0 Å². The van der Waals surface area contributed by atoms with Crippen molar-refractivity contribution in [3.05, 3.63) is 36.4 Å². The molecule has 0 radical (unpaired) electrons. The Morgan fingerprint density at radius 1 is 1.17 bits per heavy atom. The van der Waals surface area contributed by atoms with Crippen molar-refractivity contribution in [3.63, 3.8) is 0 Å². The van der Waals surface area contributed by atoms with Crippen molar-refractivity contribution in [2.75, 3.05) is 36.9 Å². The van der Waals surface area contributed by atoms with Crippen LogP contribution in [0.1, 0.15) is 0 Å². The van der Waals surface area contributed by atoms with Crippen molar-refractivity contribution in [1.29, 1.82) is 0 Å². The van der Waals surface area contributed by atoms with Gasteiger partial charge in [-0.05, 0) is 18.2 Å². The van der Waals surface area contributed by atoms with Crippen LogP contribution in [0, 0.1) is 5.82 Å². The van der Waals surface area contributed by atoms with Crippen LogP contribution in [-0.2, 0) is 4.74 Å². The Labute approximate surface area is 131 Å². The molecule has 0 spiro atoms. The number of halogens is 1. The van der Waals surface area contributed by atoms with Crippen LogP contribution >= 0.6 is 0 Å². The van der Waals surface area contributed by atoms with Gasteiger partial charge in [0.2, 0.25) is 5.95 Å². The van der Waals surface area contributed by atoms with E-state index in [-0.39, 0.29) is 5.82 Å². The lowest BCUT2D eigenvalue weighted by atomic mass is 10.3. The number of hydrogen-bond acceptors (Lipinski definition) is 6. The average molecular weight is 314 g/mol. The van der Waals surface area contributed by atoms with Gasteiger partial charge in [0.15, 0.2) is 17.0 Å². The van der Waals surface area contributed by atoms with Crippen molar-refractivity contribution in [2.45, 2.75) is 0 Å². The Morgan fingerprint density at radius 3 is 2.78 bits per heavy atom. The quantitative estimate of drug-likeness (QED) is 0.769. The minimum atomic E-state index is -0.320. The number of anilines is 2. The van der Waals surface area contributed by atoms with Gasteiger partial charge < -0.3 is 15.4 Å². The summed E-state index contributed by atoms with van der Waals surface area (Å²) in [5.74, 6) is 0.530. The molecular weight excluding hydrogens is 299 g/mol. The second-order valence-electron chi connectivity index (χ2n) is 5.27. The fourth-order valence-corrected chi connectivity index (χ4v) is 2.63. The smallest absolute Gasteiger partial charge is 0.229 e. The molecule has 8 heteroatoms. The number of hydrogen-bond donors (Lipinski definition) is 1. The lowest BCUT2D eigenvalue weighted by Gasteiger charge is -2.26. The average Bonchev–Trinajstić information content (AvgIpc) is 3.00. The van der Waals surface area contributed by atoms with Gasteiger partial charge in [-0.1, -0.05) is 6.07 Å². The first-order valence-corrected chi connectivity index (χ1v) is 7.31. The van der Waals surface area contributed by atoms with Crippen LogP contribution in [0.25, 0.3) is 16.9 Å². The third-order valence-electron chi connectivity index (χ3n) is 3.79. The lowest BCUT2D eigenvalue weighted by Crippen LogP contribution is -2.37. The maximum Gasteiger partial charge on any atom is 0.229 e. The number of benzene rings is 1. The summed E-state index contributed by atoms with van der Waals surface area (Å²) in [5, 5.41) is 0. The van der Waals surface area contributed by atoms with Crippen LogP contribution in [0.5, 0.6) is 0 Å². The summed E-state index contributed by atoms with van der Waals surface area (Å²) in [5.41, 5.74) is 7.73. The lowest BCUT2D eigenvalue weighted by molar-refractivity contribution is 0.122. The van der Waals surface area contributed by atoms with E-state index in [1.54, 1.807) is 23.0 Å². The fourth-order valence-electron chi connectivity index (χ4n) is 2.63. The van der Waals surface area contributed by atoms with Crippen LogP contribution in [0.3, 0.4) is 0 Å². The molecular formula is C15H15FN6O. The van der Waals surface area contributed by atoms with Crippen LogP contribution in [0.15, 0.2) is 30.6 Å². The SMILES string of the molecule is Nc1nc(N2CCOCC2)nc2c1ncn2-c1cccc(F)c1. The van der Waals surface area contributed by atoms with E-state index in [9.17, 15) is 4.39 Å². The summed E-state index contributed by atoms with van der Waals surface area (Å²) >= 11 is 0. The van der Waals surface area contributed by atoms with Crippen LogP contribution in [-0.4, -0.2) is 45.8 Å². The van der Waals surface area contributed by atoms with E-state index in [0.29, 0.717) is 54.9 Å². The Kier molecular flexibility index (Phi) is 3.30. The van der Waals surface area contributed by atoms with Gasteiger partial charge in [0, 0.05) is 13.1 Å². The highest BCUT2D eigenvalue weighted by Crippen LogP contribution is 2.23. The second kappa shape index (κ2) is 5.47. The number of fused-ring (bicyclic) bond motifs is 1. The molecule has 1 aliphatic heterocycles. The topological polar surface area (TPSA) is 82.1 Å². The highest BCUT2D eigenvalue weighted by atomic mass is 19.1. The monoisotopic (exact) mass is 314 g/mol. The van der Waals surface area contributed by atoms with Crippen molar-refractivity contribution >= 4 is 22.9 Å². The van der Waals surface area contributed by atoms with Gasteiger partial charge in [-0.15, -0.1) is 0 Å². The zero-order valence-electron chi connectivity index (χ0n) is 12.3. The number of imidazole rings is 1. The molecule has 1 saturated heterocycles. The molecule has 1 fully saturated rings. The van der Waals surface area contributed by atoms with E-state index in [2.05, 4.69) is 15.0 Å². The molecule has 0 saturated carbocycles. The zero-order valence-corrected chi connectivity index (χ0v) is 12.3.